The van der Waals surface area contributed by atoms with Crippen molar-refractivity contribution in [2.75, 3.05) is 12.4 Å². The van der Waals surface area contributed by atoms with Gasteiger partial charge in [-0.25, -0.2) is 4.98 Å². The summed E-state index contributed by atoms with van der Waals surface area (Å²) >= 11 is 7.12. The van der Waals surface area contributed by atoms with Gasteiger partial charge in [0.1, 0.15) is 10.6 Å². The summed E-state index contributed by atoms with van der Waals surface area (Å²) < 4.78 is 6.72. The number of ether oxygens (including phenoxy) is 1. The lowest BCUT2D eigenvalue weighted by atomic mass is 10.3. The normalized spacial score (nSPS) is 11.0. The molecule has 6 nitrogen and oxygen atoms in total. The maximum absolute atomic E-state index is 12.6. The Balaban J connectivity index is 1.77. The van der Waals surface area contributed by atoms with E-state index in [1.165, 1.54) is 17.6 Å². The zero-order valence-corrected chi connectivity index (χ0v) is 15.1. The Morgan fingerprint density at radius 1 is 1.23 bits per heavy atom. The molecule has 0 unspecified atom stereocenters. The highest BCUT2D eigenvalue weighted by atomic mass is 35.5. The lowest BCUT2D eigenvalue weighted by Crippen LogP contribution is -2.17. The number of carbonyl (C=O) groups excluding carboxylic acids is 1. The van der Waals surface area contributed by atoms with Crippen LogP contribution < -0.4 is 15.6 Å². The van der Waals surface area contributed by atoms with Crippen LogP contribution >= 0.6 is 22.9 Å². The first-order valence-electron chi connectivity index (χ1n) is 7.63. The van der Waals surface area contributed by atoms with Crippen LogP contribution in [0.3, 0.4) is 0 Å². The number of imidazole rings is 1. The molecule has 0 fully saturated rings. The highest BCUT2D eigenvalue weighted by Gasteiger charge is 2.15. The molecule has 2 heterocycles. The highest BCUT2D eigenvalue weighted by Crippen LogP contribution is 2.28. The van der Waals surface area contributed by atoms with Gasteiger partial charge in [0.2, 0.25) is 0 Å². The first-order chi connectivity index (χ1) is 12.6. The minimum Gasteiger partial charge on any atom is -0.495 e. The molecule has 4 aromatic rings. The van der Waals surface area contributed by atoms with Crippen LogP contribution in [0.15, 0.2) is 53.3 Å². The lowest BCUT2D eigenvalue weighted by Gasteiger charge is -2.10. The van der Waals surface area contributed by atoms with Gasteiger partial charge in [-0.15, -0.1) is 0 Å². The van der Waals surface area contributed by atoms with Gasteiger partial charge < -0.3 is 10.1 Å². The van der Waals surface area contributed by atoms with Gasteiger partial charge >= 0.3 is 0 Å². The number of rotatable bonds is 3. The van der Waals surface area contributed by atoms with Crippen LogP contribution in [-0.2, 0) is 0 Å². The van der Waals surface area contributed by atoms with Gasteiger partial charge in [-0.1, -0.05) is 35.1 Å². The molecule has 2 aromatic heterocycles. The Hall–Kier alpha value is -2.90. The van der Waals surface area contributed by atoms with Crippen LogP contribution in [0.1, 0.15) is 9.67 Å². The fourth-order valence-electron chi connectivity index (χ4n) is 2.66. The Morgan fingerprint density at radius 3 is 2.85 bits per heavy atom. The predicted molar refractivity (Wildman–Crippen MR) is 103 cm³/mol. The number of carbonyl (C=O) groups is 1. The summed E-state index contributed by atoms with van der Waals surface area (Å²) in [7, 11) is 1.50. The molecule has 0 aliphatic heterocycles. The third-order valence-electron chi connectivity index (χ3n) is 3.84. The van der Waals surface area contributed by atoms with E-state index >= 15 is 0 Å². The van der Waals surface area contributed by atoms with Gasteiger partial charge in [-0.2, -0.15) is 0 Å². The topological polar surface area (TPSA) is 72.7 Å². The molecule has 4 rings (SSSR count). The van der Waals surface area contributed by atoms with Crippen molar-refractivity contribution in [2.45, 2.75) is 0 Å². The zero-order valence-electron chi connectivity index (χ0n) is 13.5. The summed E-state index contributed by atoms with van der Waals surface area (Å²) in [6.07, 6.45) is 0. The number of amides is 1. The van der Waals surface area contributed by atoms with Crippen molar-refractivity contribution in [3.05, 3.63) is 68.8 Å². The number of hydrogen-bond donors (Lipinski definition) is 1. The second-order valence-electron chi connectivity index (χ2n) is 5.47. The molecule has 0 spiro atoms. The average molecular weight is 386 g/mol. The standard InChI is InChI=1S/C18H12ClN3O3S/c1-25-14-7-6-10(19)8-12(14)20-17(24)15-9-16(23)22-13-5-3-2-4-11(13)21-18(22)26-15/h2-9H,1H3,(H,20,24). The van der Waals surface area contributed by atoms with E-state index in [-0.39, 0.29) is 10.4 Å². The molecule has 0 saturated heterocycles. The van der Waals surface area contributed by atoms with Crippen LogP contribution in [-0.4, -0.2) is 22.4 Å². The van der Waals surface area contributed by atoms with E-state index in [4.69, 9.17) is 16.3 Å². The molecule has 0 saturated carbocycles. The third-order valence-corrected chi connectivity index (χ3v) is 5.05. The minimum absolute atomic E-state index is 0.250. The van der Waals surface area contributed by atoms with Crippen molar-refractivity contribution in [3.63, 3.8) is 0 Å². The van der Waals surface area contributed by atoms with Gasteiger partial charge in [0, 0.05) is 11.1 Å². The number of methoxy groups -OCH3 is 1. The number of hydrogen-bond acceptors (Lipinski definition) is 5. The molecule has 0 atom stereocenters. The van der Waals surface area contributed by atoms with Gasteiger partial charge in [-0.05, 0) is 30.3 Å². The van der Waals surface area contributed by atoms with Crippen molar-refractivity contribution in [2.24, 2.45) is 0 Å². The Morgan fingerprint density at radius 2 is 2.04 bits per heavy atom. The second-order valence-corrected chi connectivity index (χ2v) is 6.91. The van der Waals surface area contributed by atoms with Crippen molar-refractivity contribution in [1.29, 1.82) is 0 Å². The van der Waals surface area contributed by atoms with Crippen molar-refractivity contribution >= 4 is 50.5 Å². The quantitative estimate of drug-likeness (QED) is 0.581. The number of anilines is 1. The van der Waals surface area contributed by atoms with Crippen molar-refractivity contribution in [1.82, 2.24) is 9.38 Å². The molecule has 0 aliphatic carbocycles. The molecule has 8 heteroatoms. The van der Waals surface area contributed by atoms with E-state index in [0.29, 0.717) is 32.5 Å². The Labute approximate surface area is 156 Å². The van der Waals surface area contributed by atoms with E-state index in [9.17, 15) is 9.59 Å². The maximum Gasteiger partial charge on any atom is 0.266 e. The molecule has 1 N–H and O–H groups in total. The zero-order chi connectivity index (χ0) is 18.3. The van der Waals surface area contributed by atoms with Gasteiger partial charge in [0.25, 0.3) is 11.5 Å². The van der Waals surface area contributed by atoms with E-state index in [0.717, 1.165) is 11.3 Å². The number of fused-ring (bicyclic) bond motifs is 3. The van der Waals surface area contributed by atoms with Crippen molar-refractivity contribution < 1.29 is 9.53 Å². The SMILES string of the molecule is COc1ccc(Cl)cc1NC(=O)c1cc(=O)n2c(nc3ccccc32)s1. The van der Waals surface area contributed by atoms with Crippen LogP contribution in [0.5, 0.6) is 5.75 Å². The number of nitrogens with one attached hydrogen (secondary N) is 1. The van der Waals surface area contributed by atoms with E-state index in [2.05, 4.69) is 10.3 Å². The third kappa shape index (κ3) is 2.81. The summed E-state index contributed by atoms with van der Waals surface area (Å²) in [4.78, 5) is 30.3. The summed E-state index contributed by atoms with van der Waals surface area (Å²) in [6.45, 7) is 0. The molecule has 2 aromatic carbocycles. The summed E-state index contributed by atoms with van der Waals surface area (Å²) in [5.41, 5.74) is 1.54. The van der Waals surface area contributed by atoms with E-state index in [1.54, 1.807) is 18.2 Å². The van der Waals surface area contributed by atoms with Crippen LogP contribution in [0.2, 0.25) is 5.02 Å². The highest BCUT2D eigenvalue weighted by molar-refractivity contribution is 7.18. The fraction of sp³-hybridized carbons (Fsp3) is 0.0556. The van der Waals surface area contributed by atoms with Crippen LogP contribution in [0.25, 0.3) is 16.0 Å². The Kier molecular flexibility index (Phi) is 4.10. The first kappa shape index (κ1) is 16.6. The second kappa shape index (κ2) is 6.44. The first-order valence-corrected chi connectivity index (χ1v) is 8.82. The van der Waals surface area contributed by atoms with Gasteiger partial charge in [0.15, 0.2) is 4.96 Å². The lowest BCUT2D eigenvalue weighted by molar-refractivity contribution is 0.103. The summed E-state index contributed by atoms with van der Waals surface area (Å²) in [5, 5.41) is 3.19. The molecular weight excluding hydrogens is 374 g/mol. The van der Waals surface area contributed by atoms with Crippen LogP contribution in [0, 0.1) is 0 Å². The minimum atomic E-state index is -0.428. The molecular formula is C18H12ClN3O3S. The Bertz CT molecular complexity index is 1220. The number of para-hydroxylation sites is 2. The molecule has 0 aliphatic rings. The summed E-state index contributed by atoms with van der Waals surface area (Å²) in [5.74, 6) is 0.0462. The van der Waals surface area contributed by atoms with E-state index < -0.39 is 5.91 Å². The number of benzene rings is 2. The number of halogens is 1. The molecule has 0 radical (unpaired) electrons. The molecule has 26 heavy (non-hydrogen) atoms. The average Bonchev–Trinajstić information content (AvgIpc) is 3.00. The number of nitrogens with zero attached hydrogens (tertiary/aromatic N) is 2. The van der Waals surface area contributed by atoms with Gasteiger partial charge in [0.05, 0.1) is 23.8 Å². The monoisotopic (exact) mass is 385 g/mol. The molecule has 130 valence electrons. The number of aromatic nitrogens is 2. The van der Waals surface area contributed by atoms with Crippen molar-refractivity contribution in [3.8, 4) is 5.75 Å². The smallest absolute Gasteiger partial charge is 0.266 e. The fourth-order valence-corrected chi connectivity index (χ4v) is 3.76. The maximum atomic E-state index is 12.6. The van der Waals surface area contributed by atoms with Gasteiger partial charge in [-0.3, -0.25) is 14.0 Å². The molecule has 0 bridgehead atoms. The largest absolute Gasteiger partial charge is 0.495 e. The van der Waals surface area contributed by atoms with E-state index in [1.807, 2.05) is 24.3 Å². The predicted octanol–water partition coefficient (Wildman–Crippen LogP) is 3.82. The molecule has 1 amide bonds. The summed E-state index contributed by atoms with van der Waals surface area (Å²) in [6, 6.07) is 13.5. The van der Waals surface area contributed by atoms with Crippen LogP contribution in [0.4, 0.5) is 5.69 Å².